The van der Waals surface area contributed by atoms with E-state index in [1.807, 2.05) is 73.0 Å². The number of carbonyl (C=O) groups is 1. The molecule has 8 heteroatoms. The molecular formula is C23H26N4O3S. The molecule has 0 radical (unpaired) electrons. The molecule has 1 N–H and O–H groups in total. The van der Waals surface area contributed by atoms with Crippen molar-refractivity contribution in [3.63, 3.8) is 0 Å². The fourth-order valence-electron chi connectivity index (χ4n) is 2.93. The number of hydrogen-bond acceptors (Lipinski definition) is 6. The number of nitrogens with one attached hydrogen (secondary N) is 1. The molecule has 1 atom stereocenters. The smallest absolute Gasteiger partial charge is 0.234 e. The van der Waals surface area contributed by atoms with Crippen LogP contribution < -0.4 is 14.8 Å². The third-order valence-corrected chi connectivity index (χ3v) is 5.24. The molecule has 162 valence electrons. The van der Waals surface area contributed by atoms with Crippen LogP contribution in [0.5, 0.6) is 11.5 Å². The van der Waals surface area contributed by atoms with Crippen molar-refractivity contribution in [2.24, 2.45) is 0 Å². The molecular weight excluding hydrogens is 412 g/mol. The molecule has 3 rings (SSSR count). The van der Waals surface area contributed by atoms with Crippen LogP contribution >= 0.6 is 11.8 Å². The van der Waals surface area contributed by atoms with E-state index in [1.165, 1.54) is 11.8 Å². The maximum atomic E-state index is 12.5. The highest BCUT2D eigenvalue weighted by molar-refractivity contribution is 7.99. The molecule has 1 unspecified atom stereocenters. The first kappa shape index (κ1) is 22.4. The number of benzene rings is 2. The standard InChI is InChI=1S/C23H26N4O3S/c1-4-15-27-22(17(3)30-18-11-7-6-8-12-18)25-26-23(27)31-16-21(28)24-19-13-9-10-14-20(19)29-5-2/h4,6-14,17H,1,5,15-16H2,2-3H3,(H,24,28). The zero-order chi connectivity index (χ0) is 22.1. The minimum Gasteiger partial charge on any atom is -0.492 e. The van der Waals surface area contributed by atoms with Crippen LogP contribution in [-0.4, -0.2) is 33.0 Å². The van der Waals surface area contributed by atoms with Gasteiger partial charge in [0.25, 0.3) is 0 Å². The molecule has 1 amide bonds. The third-order valence-electron chi connectivity index (χ3n) is 4.27. The van der Waals surface area contributed by atoms with Crippen molar-refractivity contribution in [3.8, 4) is 11.5 Å². The molecule has 0 aliphatic carbocycles. The molecule has 7 nitrogen and oxygen atoms in total. The van der Waals surface area contributed by atoms with Gasteiger partial charge in [-0.3, -0.25) is 9.36 Å². The van der Waals surface area contributed by atoms with Crippen LogP contribution in [-0.2, 0) is 11.3 Å². The summed E-state index contributed by atoms with van der Waals surface area (Å²) in [5, 5.41) is 12.1. The maximum absolute atomic E-state index is 12.5. The summed E-state index contributed by atoms with van der Waals surface area (Å²) in [7, 11) is 0. The third kappa shape index (κ3) is 6.11. The van der Waals surface area contributed by atoms with Crippen LogP contribution in [0.2, 0.25) is 0 Å². The lowest BCUT2D eigenvalue weighted by atomic mass is 10.3. The topological polar surface area (TPSA) is 78.3 Å². The largest absolute Gasteiger partial charge is 0.492 e. The molecule has 0 saturated heterocycles. The van der Waals surface area contributed by atoms with Gasteiger partial charge in [0.1, 0.15) is 11.5 Å². The quantitative estimate of drug-likeness (QED) is 0.344. The van der Waals surface area contributed by atoms with Crippen LogP contribution in [0.3, 0.4) is 0 Å². The SMILES string of the molecule is C=CCn1c(SCC(=O)Nc2ccccc2OCC)nnc1C(C)Oc1ccccc1. The zero-order valence-electron chi connectivity index (χ0n) is 17.7. The van der Waals surface area contributed by atoms with Crippen LogP contribution in [0.25, 0.3) is 0 Å². The first-order chi connectivity index (χ1) is 15.1. The fourth-order valence-corrected chi connectivity index (χ4v) is 3.69. The van der Waals surface area contributed by atoms with Crippen LogP contribution in [0, 0.1) is 0 Å². The molecule has 0 fully saturated rings. The summed E-state index contributed by atoms with van der Waals surface area (Å²) < 4.78 is 13.4. The highest BCUT2D eigenvalue weighted by atomic mass is 32.2. The Kier molecular flexibility index (Phi) is 8.12. The Morgan fingerprint density at radius 1 is 1.19 bits per heavy atom. The second-order valence-electron chi connectivity index (χ2n) is 6.58. The normalized spacial score (nSPS) is 11.5. The number of carbonyl (C=O) groups excluding carboxylic acids is 1. The Morgan fingerprint density at radius 2 is 1.94 bits per heavy atom. The first-order valence-corrected chi connectivity index (χ1v) is 11.0. The summed E-state index contributed by atoms with van der Waals surface area (Å²) in [6, 6.07) is 16.9. The molecule has 0 spiro atoms. The summed E-state index contributed by atoms with van der Waals surface area (Å²) in [5.74, 6) is 2.11. The van der Waals surface area contributed by atoms with Gasteiger partial charge in [-0.05, 0) is 38.1 Å². The Morgan fingerprint density at radius 3 is 2.68 bits per heavy atom. The van der Waals surface area contributed by atoms with Gasteiger partial charge < -0.3 is 14.8 Å². The van der Waals surface area contributed by atoms with Crippen LogP contribution in [0.1, 0.15) is 25.8 Å². The summed E-state index contributed by atoms with van der Waals surface area (Å²) in [6.45, 7) is 8.68. The van der Waals surface area contributed by atoms with Gasteiger partial charge in [-0.2, -0.15) is 0 Å². The lowest BCUT2D eigenvalue weighted by Crippen LogP contribution is -2.16. The van der Waals surface area contributed by atoms with Crippen molar-refractivity contribution < 1.29 is 14.3 Å². The highest BCUT2D eigenvalue weighted by Gasteiger charge is 2.20. The number of allylic oxidation sites excluding steroid dienone is 1. The van der Waals surface area contributed by atoms with E-state index in [-0.39, 0.29) is 17.8 Å². The number of nitrogens with zero attached hydrogens (tertiary/aromatic N) is 3. The molecule has 0 bridgehead atoms. The van der Waals surface area contributed by atoms with Crippen molar-refractivity contribution in [2.75, 3.05) is 17.7 Å². The summed E-state index contributed by atoms with van der Waals surface area (Å²) in [4.78, 5) is 12.5. The van der Waals surface area contributed by atoms with E-state index in [1.54, 1.807) is 6.08 Å². The second kappa shape index (κ2) is 11.2. The van der Waals surface area contributed by atoms with Crippen LogP contribution in [0.15, 0.2) is 72.4 Å². The zero-order valence-corrected chi connectivity index (χ0v) is 18.5. The van der Waals surface area contributed by atoms with Crippen molar-refractivity contribution >= 4 is 23.4 Å². The van der Waals surface area contributed by atoms with Crippen molar-refractivity contribution in [2.45, 2.75) is 31.7 Å². The number of hydrogen-bond donors (Lipinski definition) is 1. The minimum absolute atomic E-state index is 0.152. The lowest BCUT2D eigenvalue weighted by Gasteiger charge is -2.15. The number of para-hydroxylation sites is 3. The van der Waals surface area contributed by atoms with E-state index < -0.39 is 0 Å². The first-order valence-electron chi connectivity index (χ1n) is 10.0. The van der Waals surface area contributed by atoms with Gasteiger partial charge in [-0.1, -0.05) is 48.2 Å². The number of aromatic nitrogens is 3. The van der Waals surface area contributed by atoms with Gasteiger partial charge >= 0.3 is 0 Å². The Balaban J connectivity index is 1.66. The predicted molar refractivity (Wildman–Crippen MR) is 123 cm³/mol. The molecule has 0 aliphatic rings. The Bertz CT molecular complexity index is 1010. The molecule has 0 saturated carbocycles. The Hall–Kier alpha value is -3.26. The van der Waals surface area contributed by atoms with Gasteiger partial charge in [0.2, 0.25) is 5.91 Å². The fraction of sp³-hybridized carbons (Fsp3) is 0.261. The number of amides is 1. The van der Waals surface area contributed by atoms with Gasteiger partial charge in [-0.15, -0.1) is 16.8 Å². The van der Waals surface area contributed by atoms with E-state index in [2.05, 4.69) is 22.1 Å². The van der Waals surface area contributed by atoms with E-state index in [4.69, 9.17) is 9.47 Å². The van der Waals surface area contributed by atoms with E-state index in [0.717, 1.165) is 5.75 Å². The molecule has 3 aromatic rings. The molecule has 1 heterocycles. The van der Waals surface area contributed by atoms with E-state index in [0.29, 0.717) is 35.6 Å². The number of anilines is 1. The second-order valence-corrected chi connectivity index (χ2v) is 7.52. The highest BCUT2D eigenvalue weighted by Crippen LogP contribution is 2.26. The van der Waals surface area contributed by atoms with Crippen molar-refractivity contribution in [1.29, 1.82) is 0 Å². The molecule has 1 aromatic heterocycles. The maximum Gasteiger partial charge on any atom is 0.234 e. The van der Waals surface area contributed by atoms with Crippen LogP contribution in [0.4, 0.5) is 5.69 Å². The van der Waals surface area contributed by atoms with Crippen molar-refractivity contribution in [3.05, 3.63) is 73.1 Å². The predicted octanol–water partition coefficient (Wildman–Crippen LogP) is 4.73. The van der Waals surface area contributed by atoms with Gasteiger partial charge in [0.15, 0.2) is 17.1 Å². The van der Waals surface area contributed by atoms with Gasteiger partial charge in [0.05, 0.1) is 18.0 Å². The summed E-state index contributed by atoms with van der Waals surface area (Å²) in [5.41, 5.74) is 0.646. The van der Waals surface area contributed by atoms with E-state index >= 15 is 0 Å². The average Bonchev–Trinajstić information content (AvgIpc) is 3.17. The van der Waals surface area contributed by atoms with Gasteiger partial charge in [-0.25, -0.2) is 0 Å². The lowest BCUT2D eigenvalue weighted by molar-refractivity contribution is -0.113. The monoisotopic (exact) mass is 438 g/mol. The van der Waals surface area contributed by atoms with Gasteiger partial charge in [0, 0.05) is 6.54 Å². The number of rotatable bonds is 11. The molecule has 0 aliphatic heterocycles. The number of ether oxygens (including phenoxy) is 2. The summed E-state index contributed by atoms with van der Waals surface area (Å²) >= 11 is 1.31. The van der Waals surface area contributed by atoms with E-state index in [9.17, 15) is 4.79 Å². The average molecular weight is 439 g/mol. The molecule has 31 heavy (non-hydrogen) atoms. The Labute approximate surface area is 186 Å². The minimum atomic E-state index is -0.309. The number of thioether (sulfide) groups is 1. The molecule has 2 aromatic carbocycles. The summed E-state index contributed by atoms with van der Waals surface area (Å²) in [6.07, 6.45) is 1.46. The van der Waals surface area contributed by atoms with Crippen molar-refractivity contribution in [1.82, 2.24) is 14.8 Å².